The van der Waals surface area contributed by atoms with E-state index < -0.39 is 43.0 Å². The number of nitrogens with one attached hydrogen (secondary N) is 2. The molecule has 3 N–H and O–H groups in total. The fraction of sp³-hybridized carbons (Fsp3) is 0.700. The molecule has 2 rings (SSSR count). The van der Waals surface area contributed by atoms with Crippen molar-refractivity contribution in [1.82, 2.24) is 15.1 Å². The zero-order chi connectivity index (χ0) is 32.3. The Bertz CT molecular complexity index is 1070. The van der Waals surface area contributed by atoms with Crippen LogP contribution in [-0.2, 0) is 9.53 Å². The summed E-state index contributed by atoms with van der Waals surface area (Å²) in [5, 5.41) is 15.4. The molecule has 0 bridgehead atoms. The van der Waals surface area contributed by atoms with Crippen LogP contribution in [0.2, 0.25) is 0 Å². The standard InChI is InChI=1S/C30H47F3N4O6/c1-19(2)34-29(41)36(6)17-26-20(3)16-37(21(4)18-38)28(40)24-15-23(35-27(39)12-13-30(31,32)33)10-11-25(24)43-22(5)9-7-8-14-42-26/h10-11,15,19-22,26,38H,7-9,12-14,16-18H2,1-6H3,(H,34,41)(H,35,39)/t20-,21+,22+,26-/m1/s1. The van der Waals surface area contributed by atoms with Crippen LogP contribution in [0.25, 0.3) is 0 Å². The summed E-state index contributed by atoms with van der Waals surface area (Å²) >= 11 is 0. The lowest BCUT2D eigenvalue weighted by molar-refractivity contribution is -0.142. The van der Waals surface area contributed by atoms with Gasteiger partial charge in [0.25, 0.3) is 5.91 Å². The first-order valence-corrected chi connectivity index (χ1v) is 14.8. The van der Waals surface area contributed by atoms with Gasteiger partial charge in [-0.2, -0.15) is 13.2 Å². The van der Waals surface area contributed by atoms with Crippen molar-refractivity contribution in [1.29, 1.82) is 0 Å². The number of carbonyl (C=O) groups excluding carboxylic acids is 3. The van der Waals surface area contributed by atoms with Gasteiger partial charge in [-0.3, -0.25) is 9.59 Å². The Morgan fingerprint density at radius 3 is 2.51 bits per heavy atom. The SMILES string of the molecule is CC(C)NC(=O)N(C)C[C@H]1OCCCC[C@H](C)Oc2ccc(NC(=O)CCC(F)(F)F)cc2C(=O)N([C@@H](C)CO)C[C@H]1C. The number of nitrogens with zero attached hydrogens (tertiary/aromatic N) is 2. The molecule has 0 saturated heterocycles. The fourth-order valence-corrected chi connectivity index (χ4v) is 4.65. The largest absolute Gasteiger partial charge is 0.490 e. The Morgan fingerprint density at radius 1 is 1.19 bits per heavy atom. The van der Waals surface area contributed by atoms with E-state index in [0.717, 1.165) is 12.8 Å². The number of aliphatic hydroxyl groups is 1. The van der Waals surface area contributed by atoms with Gasteiger partial charge in [-0.1, -0.05) is 6.92 Å². The van der Waals surface area contributed by atoms with Crippen molar-refractivity contribution in [3.63, 3.8) is 0 Å². The molecule has 1 heterocycles. The third-order valence-electron chi connectivity index (χ3n) is 7.18. The predicted octanol–water partition coefficient (Wildman–Crippen LogP) is 4.81. The van der Waals surface area contributed by atoms with Gasteiger partial charge in [-0.05, 0) is 65.2 Å². The molecule has 0 unspecified atom stereocenters. The normalized spacial score (nSPS) is 21.3. The number of aliphatic hydroxyl groups excluding tert-OH is 1. The summed E-state index contributed by atoms with van der Waals surface area (Å²) in [4.78, 5) is 41.9. The number of rotatable bonds is 8. The van der Waals surface area contributed by atoms with Crippen molar-refractivity contribution < 1.29 is 42.1 Å². The van der Waals surface area contributed by atoms with Crippen LogP contribution in [0.3, 0.4) is 0 Å². The van der Waals surface area contributed by atoms with Crippen LogP contribution in [0.4, 0.5) is 23.7 Å². The number of benzene rings is 1. The van der Waals surface area contributed by atoms with Crippen LogP contribution >= 0.6 is 0 Å². The first-order valence-electron chi connectivity index (χ1n) is 14.8. The Labute approximate surface area is 252 Å². The number of fused-ring (bicyclic) bond motifs is 1. The smallest absolute Gasteiger partial charge is 0.389 e. The van der Waals surface area contributed by atoms with Crippen molar-refractivity contribution in [2.45, 2.75) is 97.2 Å². The molecule has 0 aromatic heterocycles. The first-order chi connectivity index (χ1) is 20.1. The molecule has 4 amide bonds. The first kappa shape index (κ1) is 36.1. The van der Waals surface area contributed by atoms with Gasteiger partial charge in [0, 0.05) is 50.8 Å². The number of anilines is 1. The molecule has 0 saturated carbocycles. The van der Waals surface area contributed by atoms with E-state index in [2.05, 4.69) is 10.6 Å². The van der Waals surface area contributed by atoms with Gasteiger partial charge in [0.2, 0.25) is 5.91 Å². The van der Waals surface area contributed by atoms with E-state index >= 15 is 0 Å². The van der Waals surface area contributed by atoms with E-state index in [4.69, 9.17) is 9.47 Å². The Morgan fingerprint density at radius 2 is 1.88 bits per heavy atom. The summed E-state index contributed by atoms with van der Waals surface area (Å²) in [5.41, 5.74) is 0.260. The van der Waals surface area contributed by atoms with Crippen LogP contribution in [0.15, 0.2) is 18.2 Å². The highest BCUT2D eigenvalue weighted by Crippen LogP contribution is 2.29. The van der Waals surface area contributed by atoms with E-state index in [0.29, 0.717) is 13.0 Å². The van der Waals surface area contributed by atoms with E-state index in [1.54, 1.807) is 18.9 Å². The molecule has 1 aromatic carbocycles. The van der Waals surface area contributed by atoms with E-state index in [1.807, 2.05) is 27.7 Å². The van der Waals surface area contributed by atoms with Gasteiger partial charge in [0.1, 0.15) is 5.75 Å². The molecule has 0 radical (unpaired) electrons. The molecular weight excluding hydrogens is 569 g/mol. The summed E-state index contributed by atoms with van der Waals surface area (Å²) in [5.74, 6) is -1.31. The topological polar surface area (TPSA) is 120 Å². The highest BCUT2D eigenvalue weighted by Gasteiger charge is 2.31. The maximum Gasteiger partial charge on any atom is 0.389 e. The molecule has 0 aliphatic carbocycles. The lowest BCUT2D eigenvalue weighted by Gasteiger charge is -2.36. The summed E-state index contributed by atoms with van der Waals surface area (Å²) in [6, 6.07) is 3.50. The maximum atomic E-state index is 14.1. The molecule has 10 nitrogen and oxygen atoms in total. The molecule has 1 aliphatic rings. The third-order valence-corrected chi connectivity index (χ3v) is 7.18. The number of carbonyl (C=O) groups is 3. The number of likely N-dealkylation sites (N-methyl/N-ethyl adjacent to an activating group) is 1. The number of urea groups is 1. The highest BCUT2D eigenvalue weighted by molar-refractivity contribution is 5.99. The number of hydrogen-bond donors (Lipinski definition) is 3. The van der Waals surface area contributed by atoms with Crippen LogP contribution in [0.1, 0.15) is 77.1 Å². The highest BCUT2D eigenvalue weighted by atomic mass is 19.4. The van der Waals surface area contributed by atoms with E-state index in [1.165, 1.54) is 23.1 Å². The Balaban J connectivity index is 2.42. The molecule has 43 heavy (non-hydrogen) atoms. The quantitative estimate of drug-likeness (QED) is 0.386. The lowest BCUT2D eigenvalue weighted by Crippen LogP contribution is -2.49. The van der Waals surface area contributed by atoms with Crippen LogP contribution in [0, 0.1) is 5.92 Å². The number of halogens is 3. The third kappa shape index (κ3) is 12.2. The molecule has 244 valence electrons. The zero-order valence-electron chi connectivity index (χ0n) is 26.0. The summed E-state index contributed by atoms with van der Waals surface area (Å²) in [6.45, 7) is 9.78. The van der Waals surface area contributed by atoms with Crippen molar-refractivity contribution in [3.05, 3.63) is 23.8 Å². The lowest BCUT2D eigenvalue weighted by atomic mass is 10.0. The average molecular weight is 617 g/mol. The minimum Gasteiger partial charge on any atom is -0.490 e. The van der Waals surface area contributed by atoms with Gasteiger partial charge < -0.3 is 35.0 Å². The van der Waals surface area contributed by atoms with Crippen LogP contribution < -0.4 is 15.4 Å². The number of hydrogen-bond acceptors (Lipinski definition) is 6. The van der Waals surface area contributed by atoms with Crippen molar-refractivity contribution in [2.75, 3.05) is 38.7 Å². The molecule has 1 aromatic rings. The minimum atomic E-state index is -4.47. The van der Waals surface area contributed by atoms with Gasteiger partial charge in [0.15, 0.2) is 0 Å². The predicted molar refractivity (Wildman–Crippen MR) is 157 cm³/mol. The van der Waals surface area contributed by atoms with Gasteiger partial charge in [0.05, 0.1) is 36.8 Å². The molecule has 1 aliphatic heterocycles. The number of ether oxygens (including phenoxy) is 2. The molecule has 0 spiro atoms. The van der Waals surface area contributed by atoms with Gasteiger partial charge >= 0.3 is 12.2 Å². The average Bonchev–Trinajstić information content (AvgIpc) is 2.92. The zero-order valence-corrected chi connectivity index (χ0v) is 26.0. The van der Waals surface area contributed by atoms with Crippen molar-refractivity contribution in [3.8, 4) is 5.75 Å². The van der Waals surface area contributed by atoms with Crippen LogP contribution in [0.5, 0.6) is 5.75 Å². The van der Waals surface area contributed by atoms with E-state index in [-0.39, 0.29) is 60.8 Å². The fourth-order valence-electron chi connectivity index (χ4n) is 4.65. The van der Waals surface area contributed by atoms with Gasteiger partial charge in [-0.25, -0.2) is 4.79 Å². The number of amides is 4. The van der Waals surface area contributed by atoms with Crippen molar-refractivity contribution in [2.24, 2.45) is 5.92 Å². The van der Waals surface area contributed by atoms with E-state index in [9.17, 15) is 32.7 Å². The Hall–Kier alpha value is -3.06. The molecular formula is C30H47F3N4O6. The molecule has 13 heteroatoms. The summed E-state index contributed by atoms with van der Waals surface area (Å²) in [7, 11) is 1.68. The second-order valence-corrected chi connectivity index (χ2v) is 11.7. The molecule has 4 atom stereocenters. The second kappa shape index (κ2) is 16.7. The molecule has 0 fully saturated rings. The monoisotopic (exact) mass is 616 g/mol. The number of alkyl halides is 3. The van der Waals surface area contributed by atoms with Crippen molar-refractivity contribution >= 4 is 23.5 Å². The minimum absolute atomic E-state index is 0.0422. The second-order valence-electron chi connectivity index (χ2n) is 11.7. The summed E-state index contributed by atoms with van der Waals surface area (Å²) < 4.78 is 50.2. The maximum absolute atomic E-state index is 14.1. The summed E-state index contributed by atoms with van der Waals surface area (Å²) in [6.07, 6.45) is -4.97. The van der Waals surface area contributed by atoms with Crippen LogP contribution in [-0.4, -0.2) is 96.6 Å². The van der Waals surface area contributed by atoms with Gasteiger partial charge in [-0.15, -0.1) is 0 Å². The Kier molecular flexibility index (Phi) is 14.0.